The minimum absolute atomic E-state index is 0.0956. The van der Waals surface area contributed by atoms with Crippen LogP contribution < -0.4 is 10.9 Å². The fraction of sp³-hybridized carbons (Fsp3) is 0.562. The highest BCUT2D eigenvalue weighted by atomic mass is 35.5. The molecule has 120 valence electrons. The van der Waals surface area contributed by atoms with Crippen molar-refractivity contribution >= 4 is 17.5 Å². The Kier molecular flexibility index (Phi) is 4.68. The van der Waals surface area contributed by atoms with Crippen LogP contribution in [0.1, 0.15) is 31.9 Å². The number of amides is 1. The first-order chi connectivity index (χ1) is 10.5. The van der Waals surface area contributed by atoms with E-state index in [4.69, 9.17) is 16.3 Å². The maximum atomic E-state index is 12.7. The van der Waals surface area contributed by atoms with Gasteiger partial charge in [-0.2, -0.15) is 0 Å². The van der Waals surface area contributed by atoms with Gasteiger partial charge in [0.1, 0.15) is 6.04 Å². The molecule has 0 bridgehead atoms. The summed E-state index contributed by atoms with van der Waals surface area (Å²) in [5, 5.41) is 0.713. The van der Waals surface area contributed by atoms with Gasteiger partial charge in [0.25, 0.3) is 0 Å². The molecule has 2 aliphatic rings. The van der Waals surface area contributed by atoms with E-state index in [0.717, 1.165) is 12.0 Å². The molecule has 0 aliphatic carbocycles. The number of hydrogen-bond acceptors (Lipinski definition) is 4. The van der Waals surface area contributed by atoms with Crippen LogP contribution in [0.25, 0.3) is 0 Å². The molecule has 2 N–H and O–H groups in total. The molecular weight excluding hydrogens is 302 g/mol. The number of hydrogen-bond donors (Lipinski definition) is 2. The Bertz CT molecular complexity index is 554. The van der Waals surface area contributed by atoms with Crippen LogP contribution in [0.15, 0.2) is 24.3 Å². The van der Waals surface area contributed by atoms with Gasteiger partial charge in [0.2, 0.25) is 5.91 Å². The van der Waals surface area contributed by atoms with Crippen molar-refractivity contribution in [3.8, 4) is 0 Å². The molecule has 1 aromatic carbocycles. The fourth-order valence-electron chi connectivity index (χ4n) is 3.07. The van der Waals surface area contributed by atoms with Crippen molar-refractivity contribution in [2.75, 3.05) is 13.2 Å². The lowest BCUT2D eigenvalue weighted by Gasteiger charge is -2.38. The van der Waals surface area contributed by atoms with E-state index in [1.54, 1.807) is 0 Å². The Balaban J connectivity index is 1.65. The van der Waals surface area contributed by atoms with E-state index >= 15 is 0 Å². The normalized spacial score (nSPS) is 32.2. The zero-order chi connectivity index (χ0) is 15.7. The smallest absolute Gasteiger partial charge is 0.241 e. The molecule has 2 saturated heterocycles. The van der Waals surface area contributed by atoms with Crippen molar-refractivity contribution in [2.24, 2.45) is 0 Å². The van der Waals surface area contributed by atoms with Crippen LogP contribution >= 0.6 is 11.6 Å². The molecule has 0 radical (unpaired) electrons. The SMILES string of the molecule is CC1CN(C(=O)C2CC(c3cccc(Cl)c3)NN2)C(C)CO1. The van der Waals surface area contributed by atoms with Gasteiger partial charge in [-0.1, -0.05) is 23.7 Å². The maximum absolute atomic E-state index is 12.7. The average molecular weight is 324 g/mol. The van der Waals surface area contributed by atoms with E-state index in [-0.39, 0.29) is 30.1 Å². The van der Waals surface area contributed by atoms with E-state index < -0.39 is 0 Å². The summed E-state index contributed by atoms with van der Waals surface area (Å²) in [6, 6.07) is 7.76. The average Bonchev–Trinajstić information content (AvgIpc) is 2.99. The maximum Gasteiger partial charge on any atom is 0.241 e. The van der Waals surface area contributed by atoms with Gasteiger partial charge in [-0.15, -0.1) is 0 Å². The lowest BCUT2D eigenvalue weighted by Crippen LogP contribution is -2.55. The number of nitrogens with one attached hydrogen (secondary N) is 2. The fourth-order valence-corrected chi connectivity index (χ4v) is 3.27. The zero-order valence-corrected chi connectivity index (χ0v) is 13.6. The number of ether oxygens (including phenoxy) is 1. The minimum atomic E-state index is -0.211. The summed E-state index contributed by atoms with van der Waals surface area (Å²) in [5.41, 5.74) is 7.44. The third-order valence-corrected chi connectivity index (χ3v) is 4.58. The topological polar surface area (TPSA) is 53.6 Å². The number of rotatable bonds is 2. The number of hydrazine groups is 1. The first kappa shape index (κ1) is 15.7. The van der Waals surface area contributed by atoms with Gasteiger partial charge >= 0.3 is 0 Å². The lowest BCUT2D eigenvalue weighted by atomic mass is 10.0. The van der Waals surface area contributed by atoms with E-state index in [2.05, 4.69) is 10.9 Å². The molecule has 1 aromatic rings. The number of nitrogens with zero attached hydrogens (tertiary/aromatic N) is 1. The Labute approximate surface area is 135 Å². The van der Waals surface area contributed by atoms with Gasteiger partial charge in [-0.3, -0.25) is 4.79 Å². The Morgan fingerprint density at radius 3 is 2.95 bits per heavy atom. The van der Waals surface area contributed by atoms with Gasteiger partial charge < -0.3 is 9.64 Å². The predicted molar refractivity (Wildman–Crippen MR) is 85.5 cm³/mol. The molecule has 0 aromatic heterocycles. The van der Waals surface area contributed by atoms with Crippen LogP contribution in [-0.4, -0.2) is 42.1 Å². The molecule has 1 amide bonds. The summed E-state index contributed by atoms with van der Waals surface area (Å²) in [4.78, 5) is 14.7. The van der Waals surface area contributed by atoms with Crippen molar-refractivity contribution in [1.29, 1.82) is 0 Å². The van der Waals surface area contributed by atoms with Gasteiger partial charge in [0, 0.05) is 17.6 Å². The van der Waals surface area contributed by atoms with Gasteiger partial charge in [0.05, 0.1) is 18.8 Å². The van der Waals surface area contributed by atoms with E-state index in [9.17, 15) is 4.79 Å². The molecule has 6 heteroatoms. The molecule has 22 heavy (non-hydrogen) atoms. The number of halogens is 1. The molecule has 2 heterocycles. The highest BCUT2D eigenvalue weighted by Crippen LogP contribution is 2.26. The number of benzene rings is 1. The molecule has 3 rings (SSSR count). The van der Waals surface area contributed by atoms with Crippen LogP contribution in [0.3, 0.4) is 0 Å². The summed E-state index contributed by atoms with van der Waals surface area (Å²) in [6.07, 6.45) is 0.815. The van der Waals surface area contributed by atoms with Crippen molar-refractivity contribution in [3.63, 3.8) is 0 Å². The van der Waals surface area contributed by atoms with Crippen molar-refractivity contribution in [2.45, 2.75) is 44.5 Å². The Morgan fingerprint density at radius 2 is 2.18 bits per heavy atom. The lowest BCUT2D eigenvalue weighted by molar-refractivity contribution is -0.145. The first-order valence-electron chi connectivity index (χ1n) is 7.73. The van der Waals surface area contributed by atoms with Crippen LogP contribution in [0, 0.1) is 0 Å². The number of carbonyl (C=O) groups excluding carboxylic acids is 1. The summed E-state index contributed by atoms with van der Waals surface area (Å²) >= 11 is 6.04. The standard InChI is InChI=1S/C16H22ClN3O2/c1-10-9-22-11(2)8-20(10)16(21)15-7-14(18-19-15)12-4-3-5-13(17)6-12/h3-6,10-11,14-15,18-19H,7-9H2,1-2H3. The first-order valence-corrected chi connectivity index (χ1v) is 8.11. The quantitative estimate of drug-likeness (QED) is 0.872. The van der Waals surface area contributed by atoms with Crippen molar-refractivity contribution in [3.05, 3.63) is 34.9 Å². The van der Waals surface area contributed by atoms with Gasteiger partial charge in [-0.25, -0.2) is 10.9 Å². The molecule has 0 spiro atoms. The van der Waals surface area contributed by atoms with E-state index in [1.807, 2.05) is 43.0 Å². The monoisotopic (exact) mass is 323 g/mol. The summed E-state index contributed by atoms with van der Waals surface area (Å²) in [6.45, 7) is 5.28. The summed E-state index contributed by atoms with van der Waals surface area (Å²) < 4.78 is 5.59. The van der Waals surface area contributed by atoms with Gasteiger partial charge in [0.15, 0.2) is 0 Å². The molecule has 2 aliphatic heterocycles. The summed E-state index contributed by atoms with van der Waals surface area (Å²) in [7, 11) is 0. The summed E-state index contributed by atoms with van der Waals surface area (Å²) in [5.74, 6) is 0.139. The molecule has 4 atom stereocenters. The highest BCUT2D eigenvalue weighted by Gasteiger charge is 2.36. The zero-order valence-electron chi connectivity index (χ0n) is 12.9. The van der Waals surface area contributed by atoms with Crippen LogP contribution in [0.5, 0.6) is 0 Å². The second kappa shape index (κ2) is 6.54. The largest absolute Gasteiger partial charge is 0.375 e. The second-order valence-corrected chi connectivity index (χ2v) is 6.60. The van der Waals surface area contributed by atoms with E-state index in [1.165, 1.54) is 0 Å². The van der Waals surface area contributed by atoms with Crippen molar-refractivity contribution in [1.82, 2.24) is 15.8 Å². The van der Waals surface area contributed by atoms with E-state index in [0.29, 0.717) is 18.2 Å². The minimum Gasteiger partial charge on any atom is -0.375 e. The number of morpholine rings is 1. The van der Waals surface area contributed by atoms with Crippen LogP contribution in [0.2, 0.25) is 5.02 Å². The second-order valence-electron chi connectivity index (χ2n) is 6.17. The molecule has 5 nitrogen and oxygen atoms in total. The van der Waals surface area contributed by atoms with Crippen LogP contribution in [0.4, 0.5) is 0 Å². The highest BCUT2D eigenvalue weighted by molar-refractivity contribution is 6.30. The third-order valence-electron chi connectivity index (χ3n) is 4.34. The molecule has 2 fully saturated rings. The molecule has 0 saturated carbocycles. The van der Waals surface area contributed by atoms with Crippen molar-refractivity contribution < 1.29 is 9.53 Å². The predicted octanol–water partition coefficient (Wildman–Crippen LogP) is 1.88. The molecular formula is C16H22ClN3O2. The Morgan fingerprint density at radius 1 is 1.36 bits per heavy atom. The van der Waals surface area contributed by atoms with Gasteiger partial charge in [-0.05, 0) is 38.0 Å². The van der Waals surface area contributed by atoms with Crippen LogP contribution in [-0.2, 0) is 9.53 Å². The Hall–Kier alpha value is -1.14. The number of carbonyl (C=O) groups is 1. The third kappa shape index (κ3) is 3.27. The molecule has 4 unspecified atom stereocenters.